The van der Waals surface area contributed by atoms with Crippen molar-refractivity contribution in [3.05, 3.63) is 12.7 Å². The van der Waals surface area contributed by atoms with Gasteiger partial charge in [0.2, 0.25) is 11.8 Å². The second kappa shape index (κ2) is 10.7. The molecule has 8 nitrogen and oxygen atoms in total. The number of alkyl halides is 1. The van der Waals surface area contributed by atoms with Gasteiger partial charge in [-0.3, -0.25) is 14.4 Å². The van der Waals surface area contributed by atoms with Crippen LogP contribution in [0.3, 0.4) is 0 Å². The highest BCUT2D eigenvalue weighted by molar-refractivity contribution is 9.09. The van der Waals surface area contributed by atoms with Crippen molar-refractivity contribution in [3.63, 3.8) is 0 Å². The largest absolute Gasteiger partial charge is 0.466 e. The van der Waals surface area contributed by atoms with E-state index in [2.05, 4.69) is 22.5 Å². The predicted molar refractivity (Wildman–Crippen MR) is 129 cm³/mol. The lowest BCUT2D eigenvalue weighted by Gasteiger charge is -2.41. The number of ether oxygens (including phenoxy) is 2. The van der Waals surface area contributed by atoms with E-state index in [1.54, 1.807) is 17.9 Å². The molecule has 0 aromatic heterocycles. The average Bonchev–Trinajstić information content (AvgIpc) is 3.41. The highest BCUT2D eigenvalue weighted by Crippen LogP contribution is 2.60. The summed E-state index contributed by atoms with van der Waals surface area (Å²) in [5, 5.41) is 9.30. The van der Waals surface area contributed by atoms with Gasteiger partial charge in [-0.05, 0) is 39.0 Å². The lowest BCUT2D eigenvalue weighted by atomic mass is 9.70. The van der Waals surface area contributed by atoms with Crippen molar-refractivity contribution >= 4 is 33.7 Å². The van der Waals surface area contributed by atoms with Crippen LogP contribution in [0.25, 0.3) is 0 Å². The Bertz CT molecular complexity index is 802. The van der Waals surface area contributed by atoms with Crippen molar-refractivity contribution in [1.82, 2.24) is 9.80 Å². The first kappa shape index (κ1) is 25.6. The summed E-state index contributed by atoms with van der Waals surface area (Å²) in [4.78, 5) is 44.5. The predicted octanol–water partition coefficient (Wildman–Crippen LogP) is 2.42. The molecule has 4 aliphatic rings. The van der Waals surface area contributed by atoms with Gasteiger partial charge >= 0.3 is 5.97 Å². The number of halogens is 1. The van der Waals surface area contributed by atoms with Gasteiger partial charge in [0.15, 0.2) is 0 Å². The first-order valence-corrected chi connectivity index (χ1v) is 13.6. The maximum absolute atomic E-state index is 14.3. The summed E-state index contributed by atoms with van der Waals surface area (Å²) in [6.07, 6.45) is 8.06. The van der Waals surface area contributed by atoms with E-state index in [1.807, 2.05) is 4.90 Å². The van der Waals surface area contributed by atoms with Crippen LogP contribution in [0, 0.1) is 11.8 Å². The number of rotatable bonds is 10. The number of fused-ring (bicyclic) bond motifs is 1. The number of nitrogens with zero attached hydrogens (tertiary/aromatic N) is 2. The number of carbonyl (C=O) groups is 3. The summed E-state index contributed by atoms with van der Waals surface area (Å²) >= 11 is 3.67. The van der Waals surface area contributed by atoms with Crippen molar-refractivity contribution in [1.29, 1.82) is 0 Å². The maximum Gasteiger partial charge on any atom is 0.312 e. The Hall–Kier alpha value is -1.45. The van der Waals surface area contributed by atoms with Gasteiger partial charge in [-0.25, -0.2) is 0 Å². The number of amides is 2. The molecule has 3 heterocycles. The molecule has 1 spiro atoms. The van der Waals surface area contributed by atoms with Gasteiger partial charge in [0, 0.05) is 30.6 Å². The van der Waals surface area contributed by atoms with E-state index in [1.165, 1.54) is 6.42 Å². The van der Waals surface area contributed by atoms with E-state index in [4.69, 9.17) is 9.47 Å². The number of unbranched alkanes of at least 4 members (excludes halogenated alkanes) is 1. The lowest BCUT2D eigenvalue weighted by molar-refractivity contribution is -0.155. The van der Waals surface area contributed by atoms with Crippen LogP contribution in [0.2, 0.25) is 0 Å². The average molecular weight is 541 g/mol. The molecule has 1 saturated carbocycles. The van der Waals surface area contributed by atoms with E-state index >= 15 is 0 Å². The Morgan fingerprint density at radius 3 is 2.71 bits per heavy atom. The minimum absolute atomic E-state index is 0.0212. The molecule has 2 amide bonds. The zero-order valence-corrected chi connectivity index (χ0v) is 21.6. The van der Waals surface area contributed by atoms with Gasteiger partial charge in [-0.1, -0.05) is 41.3 Å². The molecule has 190 valence electrons. The summed E-state index contributed by atoms with van der Waals surface area (Å²) in [5.74, 6) is -2.22. The molecule has 9 heteroatoms. The number of aliphatic hydroxyl groups excluding tert-OH is 1. The van der Waals surface area contributed by atoms with Crippen LogP contribution in [-0.2, 0) is 23.9 Å². The third-order valence-electron chi connectivity index (χ3n) is 8.01. The summed E-state index contributed by atoms with van der Waals surface area (Å²) in [6, 6.07) is -0.682. The lowest BCUT2D eigenvalue weighted by Crippen LogP contribution is -2.58. The molecule has 34 heavy (non-hydrogen) atoms. The Labute approximate surface area is 210 Å². The molecule has 4 rings (SSSR count). The molecule has 0 radical (unpaired) electrons. The maximum atomic E-state index is 14.3. The van der Waals surface area contributed by atoms with Crippen LogP contribution in [0.15, 0.2) is 12.7 Å². The Morgan fingerprint density at radius 2 is 2.06 bits per heavy atom. The second-order valence-electron chi connectivity index (χ2n) is 9.95. The van der Waals surface area contributed by atoms with E-state index < -0.39 is 35.6 Å². The van der Waals surface area contributed by atoms with Crippen molar-refractivity contribution in [3.8, 4) is 0 Å². The SMILES string of the molecule is C=CCN(C(=O)C1N(CCCCO)C(=O)[C@@H]2[C@H](C(=O)OCC)[C@H]3OC12CC3Br)C1CCCCC1. The summed E-state index contributed by atoms with van der Waals surface area (Å²) in [6.45, 7) is 6.63. The molecule has 0 aromatic rings. The fraction of sp³-hybridized carbons (Fsp3) is 0.800. The van der Waals surface area contributed by atoms with Crippen molar-refractivity contribution in [2.75, 3.05) is 26.3 Å². The number of carbonyl (C=O) groups excluding carboxylic acids is 3. The van der Waals surface area contributed by atoms with Gasteiger partial charge in [0.25, 0.3) is 0 Å². The number of likely N-dealkylation sites (tertiary alicyclic amines) is 1. The molecule has 0 aromatic carbocycles. The smallest absolute Gasteiger partial charge is 0.312 e. The number of hydrogen-bond acceptors (Lipinski definition) is 6. The molecule has 2 bridgehead atoms. The van der Waals surface area contributed by atoms with E-state index in [0.29, 0.717) is 32.4 Å². The van der Waals surface area contributed by atoms with E-state index in [0.717, 1.165) is 25.7 Å². The molecular weight excluding hydrogens is 504 g/mol. The summed E-state index contributed by atoms with van der Waals surface area (Å²) < 4.78 is 11.8. The molecule has 3 unspecified atom stereocenters. The fourth-order valence-electron chi connectivity index (χ4n) is 6.66. The van der Waals surface area contributed by atoms with Gasteiger partial charge in [0.1, 0.15) is 11.6 Å². The minimum Gasteiger partial charge on any atom is -0.466 e. The first-order chi connectivity index (χ1) is 16.4. The van der Waals surface area contributed by atoms with Gasteiger partial charge in [0.05, 0.1) is 24.5 Å². The van der Waals surface area contributed by atoms with Crippen molar-refractivity contribution < 1.29 is 29.0 Å². The fourth-order valence-corrected chi connectivity index (χ4v) is 7.60. The van der Waals surface area contributed by atoms with Crippen LogP contribution in [-0.4, -0.2) is 87.6 Å². The minimum atomic E-state index is -1.06. The topological polar surface area (TPSA) is 96.4 Å². The zero-order chi connectivity index (χ0) is 24.5. The molecule has 4 fully saturated rings. The molecule has 3 saturated heterocycles. The molecule has 1 N–H and O–H groups in total. The van der Waals surface area contributed by atoms with E-state index in [-0.39, 0.29) is 35.9 Å². The van der Waals surface area contributed by atoms with Crippen molar-refractivity contribution in [2.24, 2.45) is 11.8 Å². The van der Waals surface area contributed by atoms with Crippen LogP contribution in [0.4, 0.5) is 0 Å². The summed E-state index contributed by atoms with van der Waals surface area (Å²) in [7, 11) is 0. The molecular formula is C25H37BrN2O6. The van der Waals surface area contributed by atoms with Gasteiger partial charge in [-0.15, -0.1) is 6.58 Å². The monoisotopic (exact) mass is 540 g/mol. The zero-order valence-electron chi connectivity index (χ0n) is 20.0. The second-order valence-corrected chi connectivity index (χ2v) is 11.1. The Kier molecular flexibility index (Phi) is 8.04. The Balaban J connectivity index is 1.72. The van der Waals surface area contributed by atoms with Crippen LogP contribution < -0.4 is 0 Å². The molecule has 3 aliphatic heterocycles. The standard InChI is InChI=1S/C25H37BrN2O6/c1-3-12-27(16-10-6-5-7-11-16)23(31)21-25-15-17(26)20(34-25)18(24(32)33-4-2)19(25)22(30)28(21)13-8-9-14-29/h3,16-21,29H,1,4-15H2,2H3/t17?,18-,19-,20-,21?,25?/m0/s1. The van der Waals surface area contributed by atoms with Crippen molar-refractivity contribution in [2.45, 2.75) is 86.9 Å². The third kappa shape index (κ3) is 4.22. The van der Waals surface area contributed by atoms with E-state index in [9.17, 15) is 19.5 Å². The van der Waals surface area contributed by atoms with Crippen LogP contribution in [0.1, 0.15) is 58.3 Å². The molecule has 1 aliphatic carbocycles. The number of hydrogen-bond donors (Lipinski definition) is 1. The Morgan fingerprint density at radius 1 is 1.32 bits per heavy atom. The number of aliphatic hydroxyl groups is 1. The normalized spacial score (nSPS) is 34.9. The highest BCUT2D eigenvalue weighted by Gasteiger charge is 2.77. The molecule has 6 atom stereocenters. The first-order valence-electron chi connectivity index (χ1n) is 12.7. The van der Waals surface area contributed by atoms with Crippen LogP contribution >= 0.6 is 15.9 Å². The van der Waals surface area contributed by atoms with Gasteiger partial charge in [-0.2, -0.15) is 0 Å². The summed E-state index contributed by atoms with van der Waals surface area (Å²) in [5.41, 5.74) is -1.06. The number of esters is 1. The van der Waals surface area contributed by atoms with Gasteiger partial charge < -0.3 is 24.4 Å². The quantitative estimate of drug-likeness (QED) is 0.198. The third-order valence-corrected chi connectivity index (χ3v) is 8.86. The van der Waals surface area contributed by atoms with Crippen LogP contribution in [0.5, 0.6) is 0 Å². The highest BCUT2D eigenvalue weighted by atomic mass is 79.9.